The van der Waals surface area contributed by atoms with Crippen LogP contribution in [0.15, 0.2) is 38.4 Å². The molecule has 0 saturated carbocycles. The standard InChI is InChI=1S/C18H16N4O10S4/c23-13(10(16(25)26)8-2-1-3-33-8)19-11-14(24)22-12(17(27)28)7(4-34-15(11)22)5-35-18-21-20-9(32-18)6-36(29,30)31/h1-3,10-11,15H,4-6H2,(H,19,23)(H,25,26)(H,27,28)(H,29,30,31)/t10?,11?,15-/m1/s1. The summed E-state index contributed by atoms with van der Waals surface area (Å²) in [5.41, 5.74) is 0.0795. The predicted octanol–water partition coefficient (Wildman–Crippen LogP) is 0.218. The maximum atomic E-state index is 12.8. The molecule has 3 atom stereocenters. The number of hydrogen-bond acceptors (Lipinski definition) is 12. The maximum absolute atomic E-state index is 12.8. The van der Waals surface area contributed by atoms with Crippen LogP contribution in [-0.4, -0.2) is 85.0 Å². The fourth-order valence-electron chi connectivity index (χ4n) is 3.51. The van der Waals surface area contributed by atoms with Gasteiger partial charge in [0.05, 0.1) is 0 Å². The largest absolute Gasteiger partial charge is 0.480 e. The zero-order chi connectivity index (χ0) is 26.2. The fraction of sp³-hybridized carbons (Fsp3) is 0.333. The molecule has 0 aliphatic carbocycles. The highest BCUT2D eigenvalue weighted by molar-refractivity contribution is 8.01. The summed E-state index contributed by atoms with van der Waals surface area (Å²) in [7, 11) is -4.37. The van der Waals surface area contributed by atoms with Crippen molar-refractivity contribution in [2.75, 3.05) is 11.5 Å². The molecule has 36 heavy (non-hydrogen) atoms. The van der Waals surface area contributed by atoms with Crippen molar-refractivity contribution in [1.29, 1.82) is 0 Å². The molecule has 14 nitrogen and oxygen atoms in total. The molecule has 0 spiro atoms. The Bertz CT molecular complexity index is 1350. The van der Waals surface area contributed by atoms with Crippen LogP contribution in [0, 0.1) is 0 Å². The van der Waals surface area contributed by atoms with Gasteiger partial charge in [0, 0.05) is 16.4 Å². The number of nitrogens with zero attached hydrogens (tertiary/aromatic N) is 3. The van der Waals surface area contributed by atoms with Crippen LogP contribution < -0.4 is 5.32 Å². The van der Waals surface area contributed by atoms with Gasteiger partial charge < -0.3 is 19.9 Å². The van der Waals surface area contributed by atoms with E-state index in [1.807, 2.05) is 0 Å². The Morgan fingerprint density at radius 1 is 1.31 bits per heavy atom. The van der Waals surface area contributed by atoms with Crippen LogP contribution in [0.3, 0.4) is 0 Å². The molecule has 4 rings (SSSR count). The number of nitrogens with one attached hydrogen (secondary N) is 1. The number of carbonyl (C=O) groups is 4. The minimum atomic E-state index is -4.37. The van der Waals surface area contributed by atoms with Crippen molar-refractivity contribution in [1.82, 2.24) is 20.4 Å². The number of thiophene rings is 1. The van der Waals surface area contributed by atoms with Gasteiger partial charge in [-0.2, -0.15) is 8.42 Å². The Kier molecular flexibility index (Phi) is 7.41. The molecule has 1 fully saturated rings. The molecule has 2 aliphatic rings. The Morgan fingerprint density at radius 2 is 2.06 bits per heavy atom. The van der Waals surface area contributed by atoms with Gasteiger partial charge in [-0.3, -0.25) is 23.8 Å². The number of rotatable bonds is 10. The summed E-state index contributed by atoms with van der Waals surface area (Å²) < 4.78 is 35.8. The van der Waals surface area contributed by atoms with Crippen molar-refractivity contribution in [2.45, 2.75) is 28.3 Å². The van der Waals surface area contributed by atoms with Gasteiger partial charge >= 0.3 is 11.9 Å². The summed E-state index contributed by atoms with van der Waals surface area (Å²) in [6.07, 6.45) is 0. The van der Waals surface area contributed by atoms with Crippen LogP contribution in [0.25, 0.3) is 0 Å². The summed E-state index contributed by atoms with van der Waals surface area (Å²) in [6, 6.07) is 2.01. The molecule has 2 aliphatic heterocycles. The maximum Gasteiger partial charge on any atom is 0.352 e. The van der Waals surface area contributed by atoms with E-state index in [0.717, 1.165) is 28.0 Å². The van der Waals surface area contributed by atoms with Crippen molar-refractivity contribution in [3.05, 3.63) is 39.6 Å². The first-order valence-corrected chi connectivity index (χ1v) is 14.4. The highest BCUT2D eigenvalue weighted by Gasteiger charge is 2.54. The molecule has 4 N–H and O–H groups in total. The van der Waals surface area contributed by atoms with E-state index in [0.29, 0.717) is 10.5 Å². The number of carboxylic acids is 2. The quantitative estimate of drug-likeness (QED) is 0.129. The molecule has 18 heteroatoms. The monoisotopic (exact) mass is 576 g/mol. The molecular weight excluding hydrogens is 560 g/mol. The topological polar surface area (TPSA) is 217 Å². The third kappa shape index (κ3) is 5.41. The lowest BCUT2D eigenvalue weighted by Gasteiger charge is -2.49. The van der Waals surface area contributed by atoms with E-state index in [-0.39, 0.29) is 28.3 Å². The first-order valence-electron chi connectivity index (χ1n) is 9.83. The van der Waals surface area contributed by atoms with Crippen LogP contribution >= 0.6 is 34.9 Å². The zero-order valence-electron chi connectivity index (χ0n) is 17.8. The van der Waals surface area contributed by atoms with Crippen molar-refractivity contribution >= 4 is 68.7 Å². The van der Waals surface area contributed by atoms with Gasteiger partial charge in [-0.1, -0.05) is 17.8 Å². The summed E-state index contributed by atoms with van der Waals surface area (Å²) in [6.45, 7) is 0. The van der Waals surface area contributed by atoms with Gasteiger partial charge in [0.15, 0.2) is 11.7 Å². The van der Waals surface area contributed by atoms with Crippen molar-refractivity contribution in [3.63, 3.8) is 0 Å². The van der Waals surface area contributed by atoms with Gasteiger partial charge in [-0.15, -0.1) is 33.3 Å². The van der Waals surface area contributed by atoms with E-state index in [4.69, 9.17) is 8.97 Å². The lowest BCUT2D eigenvalue weighted by atomic mass is 10.0. The number of aliphatic carboxylic acids is 2. The predicted molar refractivity (Wildman–Crippen MR) is 125 cm³/mol. The van der Waals surface area contributed by atoms with Gasteiger partial charge in [-0.25, -0.2) is 4.79 Å². The number of carboxylic acid groups (broad SMARTS) is 2. The SMILES string of the molecule is O=C(O)C1=C(CSc2nnc(CS(=O)(=O)O)o2)CS[C@@H]2C(NC(=O)C(C(=O)O)c3cccs3)C(=O)N12. The average Bonchev–Trinajstić information content (AvgIpc) is 3.46. The highest BCUT2D eigenvalue weighted by Crippen LogP contribution is 2.41. The molecule has 0 radical (unpaired) electrons. The second-order valence-electron chi connectivity index (χ2n) is 7.42. The van der Waals surface area contributed by atoms with Crippen LogP contribution in [0.5, 0.6) is 0 Å². The molecule has 0 bridgehead atoms. The van der Waals surface area contributed by atoms with E-state index in [1.54, 1.807) is 11.4 Å². The average molecular weight is 577 g/mol. The Labute approximate surface area is 214 Å². The van der Waals surface area contributed by atoms with Crippen LogP contribution in [0.4, 0.5) is 0 Å². The molecule has 2 aromatic rings. The number of amides is 2. The Balaban J connectivity index is 1.45. The first kappa shape index (κ1) is 26.1. The summed E-state index contributed by atoms with van der Waals surface area (Å²) in [5.74, 6) is -6.82. The molecule has 2 aromatic heterocycles. The summed E-state index contributed by atoms with van der Waals surface area (Å²) in [5, 5.41) is 29.6. The van der Waals surface area contributed by atoms with E-state index >= 15 is 0 Å². The Morgan fingerprint density at radius 3 is 2.67 bits per heavy atom. The van der Waals surface area contributed by atoms with Gasteiger partial charge in [0.2, 0.25) is 11.8 Å². The number of fused-ring (bicyclic) bond motifs is 1. The van der Waals surface area contributed by atoms with Crippen LogP contribution in [0.2, 0.25) is 0 Å². The summed E-state index contributed by atoms with van der Waals surface area (Å²) in [4.78, 5) is 50.4. The van der Waals surface area contributed by atoms with Crippen LogP contribution in [0.1, 0.15) is 16.7 Å². The van der Waals surface area contributed by atoms with Gasteiger partial charge in [0.25, 0.3) is 21.2 Å². The number of carbonyl (C=O) groups excluding carboxylic acids is 2. The third-order valence-corrected chi connectivity index (χ3v) is 8.80. The molecule has 1 saturated heterocycles. The molecule has 2 unspecified atom stereocenters. The third-order valence-electron chi connectivity index (χ3n) is 5.01. The van der Waals surface area contributed by atoms with E-state index in [2.05, 4.69) is 15.5 Å². The number of aromatic nitrogens is 2. The molecular formula is C18H16N4O10S4. The first-order chi connectivity index (χ1) is 17.0. The lowest BCUT2D eigenvalue weighted by Crippen LogP contribution is -2.71. The zero-order valence-corrected chi connectivity index (χ0v) is 21.0. The summed E-state index contributed by atoms with van der Waals surface area (Å²) >= 11 is 3.20. The van der Waals surface area contributed by atoms with E-state index in [1.165, 1.54) is 17.8 Å². The number of thioether (sulfide) groups is 2. The van der Waals surface area contributed by atoms with Crippen molar-refractivity contribution in [3.8, 4) is 0 Å². The van der Waals surface area contributed by atoms with Crippen molar-refractivity contribution < 1.29 is 46.8 Å². The molecule has 4 heterocycles. The second-order valence-corrected chi connectivity index (χ2v) is 11.9. The highest BCUT2D eigenvalue weighted by atomic mass is 32.2. The minimum Gasteiger partial charge on any atom is -0.480 e. The molecule has 0 aromatic carbocycles. The normalized spacial score (nSPS) is 20.5. The van der Waals surface area contributed by atoms with Crippen LogP contribution in [-0.2, 0) is 35.0 Å². The fourth-order valence-corrected chi connectivity index (χ4v) is 7.02. The van der Waals surface area contributed by atoms with E-state index < -0.39 is 57.0 Å². The number of hydrogen-bond donors (Lipinski definition) is 4. The van der Waals surface area contributed by atoms with Gasteiger partial charge in [0.1, 0.15) is 17.1 Å². The van der Waals surface area contributed by atoms with Gasteiger partial charge in [-0.05, 0) is 17.0 Å². The number of β-lactam (4-membered cyclic amide) rings is 1. The minimum absolute atomic E-state index is 0.0230. The molecule has 192 valence electrons. The van der Waals surface area contributed by atoms with E-state index in [9.17, 15) is 37.8 Å². The lowest BCUT2D eigenvalue weighted by molar-refractivity contribution is -0.152. The Hall–Kier alpha value is -2.93. The smallest absolute Gasteiger partial charge is 0.352 e. The van der Waals surface area contributed by atoms with Crippen molar-refractivity contribution in [2.24, 2.45) is 0 Å². The molecule has 2 amide bonds. The second kappa shape index (κ2) is 10.2.